The second-order valence-electron chi connectivity index (χ2n) is 4.12. The summed E-state index contributed by atoms with van der Waals surface area (Å²) in [6, 6.07) is 3.68. The fourth-order valence-corrected chi connectivity index (χ4v) is 1.78. The zero-order chi connectivity index (χ0) is 14.4. The highest BCUT2D eigenvalue weighted by atomic mass is 16.5. The molecule has 0 atom stereocenters. The molecule has 0 unspecified atom stereocenters. The normalized spacial score (nSPS) is 10.2. The van der Waals surface area contributed by atoms with Gasteiger partial charge in [-0.1, -0.05) is 6.92 Å². The minimum Gasteiger partial charge on any atom is -0.491 e. The van der Waals surface area contributed by atoms with Gasteiger partial charge in [0.15, 0.2) is 11.6 Å². The summed E-state index contributed by atoms with van der Waals surface area (Å²) < 4.78 is 10.5. The maximum Gasteiger partial charge on any atom is 0.212 e. The molecule has 0 fully saturated rings. The fraction of sp³-hybridized carbons (Fsp3) is 0.357. The quantitative estimate of drug-likeness (QED) is 0.872. The third-order valence-corrected chi connectivity index (χ3v) is 2.77. The molecule has 0 amide bonds. The molecule has 0 saturated carbocycles. The van der Waals surface area contributed by atoms with E-state index in [-0.39, 0.29) is 0 Å². The van der Waals surface area contributed by atoms with E-state index < -0.39 is 0 Å². The Kier molecular flexibility index (Phi) is 4.70. The van der Waals surface area contributed by atoms with Crippen molar-refractivity contribution in [2.45, 2.75) is 13.3 Å². The van der Waals surface area contributed by atoms with Crippen LogP contribution >= 0.6 is 0 Å². The number of aromatic nitrogens is 3. The monoisotopic (exact) mass is 274 g/mol. The number of rotatable bonds is 6. The Morgan fingerprint density at radius 2 is 1.95 bits per heavy atom. The topological polar surface area (TPSA) is 69.2 Å². The summed E-state index contributed by atoms with van der Waals surface area (Å²) in [7, 11) is 3.19. The van der Waals surface area contributed by atoms with Crippen LogP contribution in [0.15, 0.2) is 24.7 Å². The van der Waals surface area contributed by atoms with Gasteiger partial charge in [0, 0.05) is 24.4 Å². The predicted octanol–water partition coefficient (Wildman–Crippen LogP) is 2.38. The molecule has 2 heterocycles. The van der Waals surface area contributed by atoms with E-state index in [4.69, 9.17) is 9.47 Å². The van der Waals surface area contributed by atoms with Crippen LogP contribution in [0.4, 0.5) is 5.82 Å². The molecule has 106 valence electrons. The Balaban J connectivity index is 2.38. The molecule has 0 saturated heterocycles. The molecule has 20 heavy (non-hydrogen) atoms. The SMILES string of the molecule is CCCNc1ncnc(-c2ccc(OC)nc2)c1OC. The summed E-state index contributed by atoms with van der Waals surface area (Å²) in [5.41, 5.74) is 1.56. The van der Waals surface area contributed by atoms with Crippen LogP contribution in [0.25, 0.3) is 11.3 Å². The summed E-state index contributed by atoms with van der Waals surface area (Å²) in [6.07, 6.45) is 4.22. The number of pyridine rings is 1. The lowest BCUT2D eigenvalue weighted by molar-refractivity contribution is 0.398. The maximum absolute atomic E-state index is 5.44. The molecule has 2 aromatic rings. The van der Waals surface area contributed by atoms with Crippen LogP contribution in [0, 0.1) is 0 Å². The van der Waals surface area contributed by atoms with Crippen LogP contribution in [0.1, 0.15) is 13.3 Å². The van der Waals surface area contributed by atoms with Crippen molar-refractivity contribution in [1.29, 1.82) is 0 Å². The Morgan fingerprint density at radius 3 is 2.55 bits per heavy atom. The third kappa shape index (κ3) is 2.96. The van der Waals surface area contributed by atoms with Gasteiger partial charge in [-0.05, 0) is 12.5 Å². The van der Waals surface area contributed by atoms with Crippen LogP contribution in [-0.4, -0.2) is 35.7 Å². The number of hydrogen-bond acceptors (Lipinski definition) is 6. The van der Waals surface area contributed by atoms with Crippen molar-refractivity contribution in [2.24, 2.45) is 0 Å². The lowest BCUT2D eigenvalue weighted by Gasteiger charge is -2.12. The van der Waals surface area contributed by atoms with Crippen molar-refractivity contribution < 1.29 is 9.47 Å². The molecule has 0 bridgehead atoms. The number of anilines is 1. The zero-order valence-electron chi connectivity index (χ0n) is 11.9. The van der Waals surface area contributed by atoms with E-state index >= 15 is 0 Å². The van der Waals surface area contributed by atoms with Gasteiger partial charge in [0.05, 0.1) is 14.2 Å². The molecule has 0 spiro atoms. The molecule has 0 aliphatic carbocycles. The molecule has 2 aromatic heterocycles. The van der Waals surface area contributed by atoms with Gasteiger partial charge in [-0.3, -0.25) is 0 Å². The zero-order valence-corrected chi connectivity index (χ0v) is 11.9. The minimum atomic E-state index is 0.561. The van der Waals surface area contributed by atoms with Gasteiger partial charge in [0.25, 0.3) is 0 Å². The first kappa shape index (κ1) is 14.0. The highest BCUT2D eigenvalue weighted by Gasteiger charge is 2.13. The van der Waals surface area contributed by atoms with Crippen LogP contribution in [0.5, 0.6) is 11.6 Å². The Hall–Kier alpha value is -2.37. The molecule has 0 aliphatic rings. The fourth-order valence-electron chi connectivity index (χ4n) is 1.78. The highest BCUT2D eigenvalue weighted by Crippen LogP contribution is 2.32. The van der Waals surface area contributed by atoms with Crippen LogP contribution in [0.3, 0.4) is 0 Å². The second-order valence-corrected chi connectivity index (χ2v) is 4.12. The van der Waals surface area contributed by atoms with E-state index in [1.54, 1.807) is 26.5 Å². The first-order valence-corrected chi connectivity index (χ1v) is 6.43. The van der Waals surface area contributed by atoms with Crippen molar-refractivity contribution in [1.82, 2.24) is 15.0 Å². The van der Waals surface area contributed by atoms with Gasteiger partial charge >= 0.3 is 0 Å². The van der Waals surface area contributed by atoms with Crippen molar-refractivity contribution in [3.8, 4) is 22.9 Å². The van der Waals surface area contributed by atoms with Crippen molar-refractivity contribution >= 4 is 5.82 Å². The van der Waals surface area contributed by atoms with Gasteiger partial charge in [0.1, 0.15) is 12.0 Å². The standard InChI is InChI=1S/C14H18N4O2/c1-4-7-15-14-13(20-3)12(17-9-18-14)10-5-6-11(19-2)16-8-10/h5-6,8-9H,4,7H2,1-3H3,(H,15,17,18). The second kappa shape index (κ2) is 6.70. The highest BCUT2D eigenvalue weighted by molar-refractivity contribution is 5.72. The van der Waals surface area contributed by atoms with Gasteiger partial charge < -0.3 is 14.8 Å². The Morgan fingerprint density at radius 1 is 1.10 bits per heavy atom. The molecule has 0 radical (unpaired) electrons. The molecule has 0 aromatic carbocycles. The average Bonchev–Trinajstić information content (AvgIpc) is 2.52. The molecular weight excluding hydrogens is 256 g/mol. The largest absolute Gasteiger partial charge is 0.491 e. The maximum atomic E-state index is 5.44. The minimum absolute atomic E-state index is 0.561. The lowest BCUT2D eigenvalue weighted by Crippen LogP contribution is -2.06. The van der Waals surface area contributed by atoms with Gasteiger partial charge in [-0.25, -0.2) is 15.0 Å². The van der Waals surface area contributed by atoms with E-state index in [0.29, 0.717) is 23.1 Å². The van der Waals surface area contributed by atoms with Crippen molar-refractivity contribution in [3.63, 3.8) is 0 Å². The van der Waals surface area contributed by atoms with Gasteiger partial charge in [0.2, 0.25) is 5.88 Å². The summed E-state index contributed by atoms with van der Waals surface area (Å²) in [4.78, 5) is 12.7. The number of nitrogens with zero attached hydrogens (tertiary/aromatic N) is 3. The van der Waals surface area contributed by atoms with Crippen LogP contribution < -0.4 is 14.8 Å². The predicted molar refractivity (Wildman–Crippen MR) is 77.1 cm³/mol. The first-order chi connectivity index (χ1) is 9.80. The van der Waals surface area contributed by atoms with Crippen LogP contribution in [-0.2, 0) is 0 Å². The van der Waals surface area contributed by atoms with Gasteiger partial charge in [-0.15, -0.1) is 0 Å². The number of hydrogen-bond donors (Lipinski definition) is 1. The Labute approximate surface area is 118 Å². The molecule has 6 nitrogen and oxygen atoms in total. The molecule has 0 aliphatic heterocycles. The van der Waals surface area contributed by atoms with Gasteiger partial charge in [-0.2, -0.15) is 0 Å². The van der Waals surface area contributed by atoms with E-state index in [2.05, 4.69) is 27.2 Å². The summed E-state index contributed by atoms with van der Waals surface area (Å²) in [5, 5.41) is 3.23. The summed E-state index contributed by atoms with van der Waals surface area (Å²) in [5.74, 6) is 1.87. The lowest BCUT2D eigenvalue weighted by atomic mass is 10.2. The number of nitrogens with one attached hydrogen (secondary N) is 1. The number of ether oxygens (including phenoxy) is 2. The first-order valence-electron chi connectivity index (χ1n) is 6.43. The summed E-state index contributed by atoms with van der Waals surface area (Å²) in [6.45, 7) is 2.92. The average molecular weight is 274 g/mol. The number of methoxy groups -OCH3 is 2. The third-order valence-electron chi connectivity index (χ3n) is 2.77. The van der Waals surface area contributed by atoms with E-state index in [9.17, 15) is 0 Å². The van der Waals surface area contributed by atoms with Crippen molar-refractivity contribution in [3.05, 3.63) is 24.7 Å². The molecular formula is C14H18N4O2. The smallest absolute Gasteiger partial charge is 0.212 e. The summed E-state index contributed by atoms with van der Waals surface area (Å²) >= 11 is 0. The van der Waals surface area contributed by atoms with Crippen molar-refractivity contribution in [2.75, 3.05) is 26.1 Å². The molecule has 6 heteroatoms. The van der Waals surface area contributed by atoms with E-state index in [0.717, 1.165) is 18.5 Å². The Bertz CT molecular complexity index is 558. The van der Waals surface area contributed by atoms with Crippen LogP contribution in [0.2, 0.25) is 0 Å². The van der Waals surface area contributed by atoms with E-state index in [1.165, 1.54) is 6.33 Å². The molecule has 1 N–H and O–H groups in total. The van der Waals surface area contributed by atoms with E-state index in [1.807, 2.05) is 6.07 Å². The molecule has 2 rings (SSSR count).